The summed E-state index contributed by atoms with van der Waals surface area (Å²) in [7, 11) is 0. The summed E-state index contributed by atoms with van der Waals surface area (Å²) in [6, 6.07) is 6.34. The Kier molecular flexibility index (Phi) is 2.91. The first-order valence-electron chi connectivity index (χ1n) is 7.70. The SMILES string of the molecule is CC(Nc1ccc2c(c1)NC(=O)CO2)C1CC2C=CC1C2. The molecular formula is C17H20N2O2. The third-order valence-electron chi connectivity index (χ3n) is 4.98. The Morgan fingerprint density at radius 3 is 3.00 bits per heavy atom. The van der Waals surface area contributed by atoms with E-state index in [0.29, 0.717) is 12.0 Å². The maximum atomic E-state index is 11.4. The minimum atomic E-state index is -0.0917. The van der Waals surface area contributed by atoms with Gasteiger partial charge in [-0.05, 0) is 55.7 Å². The van der Waals surface area contributed by atoms with Crippen LogP contribution < -0.4 is 15.4 Å². The average Bonchev–Trinajstić information content (AvgIpc) is 3.09. The van der Waals surface area contributed by atoms with Gasteiger partial charge in [-0.25, -0.2) is 0 Å². The van der Waals surface area contributed by atoms with Crippen LogP contribution in [0.5, 0.6) is 5.75 Å². The van der Waals surface area contributed by atoms with Gasteiger partial charge in [-0.1, -0.05) is 12.2 Å². The third-order valence-corrected chi connectivity index (χ3v) is 4.98. The molecule has 1 fully saturated rings. The molecule has 1 aliphatic heterocycles. The highest BCUT2D eigenvalue weighted by molar-refractivity contribution is 5.96. The fourth-order valence-electron chi connectivity index (χ4n) is 3.94. The van der Waals surface area contributed by atoms with E-state index in [0.717, 1.165) is 29.0 Å². The van der Waals surface area contributed by atoms with Gasteiger partial charge in [0.25, 0.3) is 5.91 Å². The zero-order chi connectivity index (χ0) is 14.4. The quantitative estimate of drug-likeness (QED) is 0.839. The number of amides is 1. The lowest BCUT2D eigenvalue weighted by atomic mass is 9.87. The summed E-state index contributed by atoms with van der Waals surface area (Å²) >= 11 is 0. The van der Waals surface area contributed by atoms with E-state index in [1.54, 1.807) is 0 Å². The van der Waals surface area contributed by atoms with E-state index in [1.165, 1.54) is 12.8 Å². The van der Waals surface area contributed by atoms with Crippen molar-refractivity contribution in [1.82, 2.24) is 0 Å². The number of hydrogen-bond donors (Lipinski definition) is 2. The molecule has 1 saturated carbocycles. The number of nitrogens with one attached hydrogen (secondary N) is 2. The predicted molar refractivity (Wildman–Crippen MR) is 82.5 cm³/mol. The number of fused-ring (bicyclic) bond motifs is 3. The van der Waals surface area contributed by atoms with Crippen molar-refractivity contribution < 1.29 is 9.53 Å². The summed E-state index contributed by atoms with van der Waals surface area (Å²) in [4.78, 5) is 11.4. The number of benzene rings is 1. The number of hydrogen-bond acceptors (Lipinski definition) is 3. The molecule has 110 valence electrons. The molecule has 1 heterocycles. The fourth-order valence-corrected chi connectivity index (χ4v) is 3.94. The minimum absolute atomic E-state index is 0.0917. The zero-order valence-corrected chi connectivity index (χ0v) is 12.1. The molecule has 0 aromatic heterocycles. The molecule has 0 saturated heterocycles. The van der Waals surface area contributed by atoms with E-state index in [9.17, 15) is 4.79 Å². The van der Waals surface area contributed by atoms with Crippen molar-refractivity contribution in [2.45, 2.75) is 25.8 Å². The van der Waals surface area contributed by atoms with Crippen LogP contribution in [-0.2, 0) is 4.79 Å². The maximum Gasteiger partial charge on any atom is 0.262 e. The molecule has 4 atom stereocenters. The van der Waals surface area contributed by atoms with Crippen LogP contribution in [0.1, 0.15) is 19.8 Å². The topological polar surface area (TPSA) is 50.4 Å². The van der Waals surface area contributed by atoms with Crippen molar-refractivity contribution in [3.63, 3.8) is 0 Å². The minimum Gasteiger partial charge on any atom is -0.482 e. The van der Waals surface area contributed by atoms with Gasteiger partial charge in [-0.15, -0.1) is 0 Å². The molecule has 4 heteroatoms. The maximum absolute atomic E-state index is 11.4. The van der Waals surface area contributed by atoms with Crippen LogP contribution in [0, 0.1) is 17.8 Å². The highest BCUT2D eigenvalue weighted by Gasteiger charge is 2.38. The van der Waals surface area contributed by atoms with Gasteiger partial charge in [-0.3, -0.25) is 4.79 Å². The average molecular weight is 284 g/mol. The molecule has 21 heavy (non-hydrogen) atoms. The fraction of sp³-hybridized carbons (Fsp3) is 0.471. The molecule has 4 nitrogen and oxygen atoms in total. The van der Waals surface area contributed by atoms with Crippen molar-refractivity contribution in [2.24, 2.45) is 17.8 Å². The monoisotopic (exact) mass is 284 g/mol. The summed E-state index contributed by atoms with van der Waals surface area (Å²) in [5, 5.41) is 6.45. The second-order valence-corrected chi connectivity index (χ2v) is 6.42. The van der Waals surface area contributed by atoms with Crippen molar-refractivity contribution in [3.8, 4) is 5.75 Å². The Balaban J connectivity index is 1.48. The molecule has 1 aromatic rings. The van der Waals surface area contributed by atoms with Crippen LogP contribution in [0.3, 0.4) is 0 Å². The predicted octanol–water partition coefficient (Wildman–Crippen LogP) is 3.03. The van der Waals surface area contributed by atoms with Gasteiger partial charge in [-0.2, -0.15) is 0 Å². The largest absolute Gasteiger partial charge is 0.482 e. The summed E-state index contributed by atoms with van der Waals surface area (Å²) in [6.45, 7) is 2.36. The molecular weight excluding hydrogens is 264 g/mol. The number of ether oxygens (including phenoxy) is 1. The summed E-state index contributed by atoms with van der Waals surface area (Å²) in [6.07, 6.45) is 7.38. The van der Waals surface area contributed by atoms with Crippen LogP contribution in [0.15, 0.2) is 30.4 Å². The van der Waals surface area contributed by atoms with Gasteiger partial charge in [0, 0.05) is 11.7 Å². The Labute approximate surface area is 124 Å². The first-order valence-corrected chi connectivity index (χ1v) is 7.70. The molecule has 4 rings (SSSR count). The van der Waals surface area contributed by atoms with Crippen LogP contribution in [0.2, 0.25) is 0 Å². The van der Waals surface area contributed by atoms with Crippen LogP contribution in [0.25, 0.3) is 0 Å². The first kappa shape index (κ1) is 12.7. The first-order chi connectivity index (χ1) is 10.2. The van der Waals surface area contributed by atoms with Gasteiger partial charge in [0.15, 0.2) is 6.61 Å². The normalized spacial score (nSPS) is 30.5. The molecule has 3 aliphatic rings. The molecule has 2 bridgehead atoms. The Morgan fingerprint density at radius 1 is 1.33 bits per heavy atom. The Morgan fingerprint density at radius 2 is 2.24 bits per heavy atom. The van der Waals surface area contributed by atoms with Crippen LogP contribution in [0.4, 0.5) is 11.4 Å². The second kappa shape index (κ2) is 4.79. The zero-order valence-electron chi connectivity index (χ0n) is 12.1. The highest BCUT2D eigenvalue weighted by atomic mass is 16.5. The summed E-state index contributed by atoms with van der Waals surface area (Å²) in [5.41, 5.74) is 1.80. The van der Waals surface area contributed by atoms with Gasteiger partial charge < -0.3 is 15.4 Å². The molecule has 2 N–H and O–H groups in total. The lowest BCUT2D eigenvalue weighted by Gasteiger charge is -2.27. The van der Waals surface area contributed by atoms with E-state index in [1.807, 2.05) is 18.2 Å². The van der Waals surface area contributed by atoms with E-state index in [4.69, 9.17) is 4.74 Å². The van der Waals surface area contributed by atoms with Crippen molar-refractivity contribution in [3.05, 3.63) is 30.4 Å². The smallest absolute Gasteiger partial charge is 0.262 e. The van der Waals surface area contributed by atoms with E-state index in [-0.39, 0.29) is 12.5 Å². The Bertz CT molecular complexity index is 611. The molecule has 1 amide bonds. The van der Waals surface area contributed by atoms with Gasteiger partial charge in [0.2, 0.25) is 0 Å². The van der Waals surface area contributed by atoms with Crippen LogP contribution in [-0.4, -0.2) is 18.6 Å². The molecule has 0 radical (unpaired) electrons. The van der Waals surface area contributed by atoms with E-state index in [2.05, 4.69) is 29.7 Å². The number of carbonyl (C=O) groups excluding carboxylic acids is 1. The van der Waals surface area contributed by atoms with E-state index < -0.39 is 0 Å². The standard InChI is InChI=1S/C17H20N2O2/c1-10(14-7-11-2-3-12(14)6-11)18-13-4-5-16-15(8-13)19-17(20)9-21-16/h2-5,8,10-12,14,18H,6-7,9H2,1H3,(H,19,20). The van der Waals surface area contributed by atoms with Gasteiger partial charge in [0.05, 0.1) is 5.69 Å². The summed E-state index contributed by atoms with van der Waals surface area (Å²) in [5.74, 6) is 2.89. The molecule has 1 aromatic carbocycles. The lowest BCUT2D eigenvalue weighted by molar-refractivity contribution is -0.118. The Hall–Kier alpha value is -1.97. The number of anilines is 2. The summed E-state index contributed by atoms with van der Waals surface area (Å²) < 4.78 is 5.39. The van der Waals surface area contributed by atoms with Crippen molar-refractivity contribution in [1.29, 1.82) is 0 Å². The van der Waals surface area contributed by atoms with Crippen molar-refractivity contribution in [2.75, 3.05) is 17.2 Å². The van der Waals surface area contributed by atoms with Gasteiger partial charge in [0.1, 0.15) is 5.75 Å². The van der Waals surface area contributed by atoms with Crippen LogP contribution >= 0.6 is 0 Å². The lowest BCUT2D eigenvalue weighted by Crippen LogP contribution is -2.29. The number of carbonyl (C=O) groups is 1. The molecule has 4 unspecified atom stereocenters. The van der Waals surface area contributed by atoms with Gasteiger partial charge >= 0.3 is 0 Å². The molecule has 2 aliphatic carbocycles. The third kappa shape index (κ3) is 2.28. The number of allylic oxidation sites excluding steroid dienone is 2. The number of rotatable bonds is 3. The van der Waals surface area contributed by atoms with E-state index >= 15 is 0 Å². The van der Waals surface area contributed by atoms with Crippen molar-refractivity contribution >= 4 is 17.3 Å². The molecule has 0 spiro atoms. The second-order valence-electron chi connectivity index (χ2n) is 6.42. The highest BCUT2D eigenvalue weighted by Crippen LogP contribution is 2.45.